The van der Waals surface area contributed by atoms with Crippen LogP contribution in [0.2, 0.25) is 0 Å². The topological polar surface area (TPSA) is 34.1 Å². The van der Waals surface area contributed by atoms with Crippen LogP contribution in [0.1, 0.15) is 36.8 Å². The van der Waals surface area contributed by atoms with Crippen LogP contribution in [-0.2, 0) is 20.5 Å². The summed E-state index contributed by atoms with van der Waals surface area (Å²) in [5.74, 6) is -5.65. The number of rotatable bonds is 4. The van der Waals surface area contributed by atoms with Crippen LogP contribution in [0, 0.1) is 5.82 Å². The summed E-state index contributed by atoms with van der Waals surface area (Å²) in [5, 5.41) is 0. The van der Waals surface area contributed by atoms with Gasteiger partial charge in [-0.05, 0) is 42.7 Å². The lowest BCUT2D eigenvalue weighted by molar-refractivity contribution is -0.289. The summed E-state index contributed by atoms with van der Waals surface area (Å²) >= 11 is 0. The highest BCUT2D eigenvalue weighted by Crippen LogP contribution is 2.49. The molecule has 0 aliphatic heterocycles. The van der Waals surface area contributed by atoms with Crippen LogP contribution in [0.5, 0.6) is 0 Å². The molecule has 0 unspecified atom stereocenters. The molecule has 0 radical (unpaired) electrons. The number of hydrogen-bond donors (Lipinski definition) is 0. The molecule has 1 fully saturated rings. The van der Waals surface area contributed by atoms with Gasteiger partial charge in [-0.2, -0.15) is 22.0 Å². The summed E-state index contributed by atoms with van der Waals surface area (Å²) in [4.78, 5) is -0.125. The van der Waals surface area contributed by atoms with Gasteiger partial charge in [0.2, 0.25) is 0 Å². The molecule has 0 heterocycles. The Bertz CT molecular complexity index is 941. The summed E-state index contributed by atoms with van der Waals surface area (Å²) in [7, 11) is -4.02. The summed E-state index contributed by atoms with van der Waals surface area (Å²) in [5.41, 5.74) is -1.10. The third-order valence-corrected chi connectivity index (χ3v) is 7.74. The zero-order chi connectivity index (χ0) is 20.8. The van der Waals surface area contributed by atoms with Gasteiger partial charge in [-0.15, -0.1) is 0 Å². The Morgan fingerprint density at radius 1 is 0.786 bits per heavy atom. The number of hydrogen-bond acceptors (Lipinski definition) is 2. The van der Waals surface area contributed by atoms with Crippen molar-refractivity contribution < 1.29 is 34.8 Å². The average molecular weight is 422 g/mol. The van der Waals surface area contributed by atoms with Crippen molar-refractivity contribution in [1.82, 2.24) is 0 Å². The third-order valence-electron chi connectivity index (χ3n) is 5.18. The minimum absolute atomic E-state index is 0.125. The maximum Gasteiger partial charge on any atom is 0.458 e. The lowest BCUT2D eigenvalue weighted by Gasteiger charge is -2.30. The van der Waals surface area contributed by atoms with Crippen LogP contribution in [0.25, 0.3) is 0 Å². The highest BCUT2D eigenvalue weighted by Gasteiger charge is 2.58. The lowest BCUT2D eigenvalue weighted by Crippen LogP contribution is -2.35. The highest BCUT2D eigenvalue weighted by atomic mass is 32.2. The third kappa shape index (κ3) is 3.19. The number of benzene rings is 2. The molecule has 0 bridgehead atoms. The Hall–Kier alpha value is -2.03. The van der Waals surface area contributed by atoms with Crippen LogP contribution in [0.3, 0.4) is 0 Å². The minimum atomic E-state index is -5.75. The van der Waals surface area contributed by atoms with Crippen LogP contribution in [0.15, 0.2) is 53.4 Å². The van der Waals surface area contributed by atoms with Gasteiger partial charge in [0.15, 0.2) is 9.84 Å². The molecule has 0 spiro atoms. The second-order valence-electron chi connectivity index (χ2n) is 6.81. The molecule has 0 aromatic heterocycles. The molecule has 2 aromatic rings. The number of alkyl halides is 5. The van der Waals surface area contributed by atoms with Gasteiger partial charge >= 0.3 is 12.1 Å². The van der Waals surface area contributed by atoms with E-state index in [2.05, 4.69) is 0 Å². The largest absolute Gasteiger partial charge is 0.458 e. The van der Waals surface area contributed by atoms with Crippen LogP contribution in [0.4, 0.5) is 26.3 Å². The maximum absolute atomic E-state index is 13.5. The molecule has 9 heteroatoms. The molecule has 2 aromatic carbocycles. The first-order valence-electron chi connectivity index (χ1n) is 8.48. The van der Waals surface area contributed by atoms with Crippen molar-refractivity contribution in [1.29, 1.82) is 0 Å². The maximum atomic E-state index is 13.5. The van der Waals surface area contributed by atoms with Crippen molar-refractivity contribution in [2.75, 3.05) is 0 Å². The fourth-order valence-corrected chi connectivity index (χ4v) is 5.86. The number of sulfone groups is 1. The molecule has 0 atom stereocenters. The van der Waals surface area contributed by atoms with E-state index in [0.29, 0.717) is 25.0 Å². The SMILES string of the molecule is O=S(=O)(c1ccc(F)cc1)C1(c2ccc(C(F)(F)C(F)(F)F)cc2)CCCC1. The molecule has 0 amide bonds. The molecule has 1 aliphatic carbocycles. The van der Waals surface area contributed by atoms with E-state index in [-0.39, 0.29) is 23.3 Å². The van der Waals surface area contributed by atoms with Gasteiger partial charge in [0.25, 0.3) is 0 Å². The highest BCUT2D eigenvalue weighted by molar-refractivity contribution is 7.92. The second kappa shape index (κ2) is 6.79. The summed E-state index contributed by atoms with van der Waals surface area (Å²) in [6, 6.07) is 7.51. The molecular weight excluding hydrogens is 406 g/mol. The Kier molecular flexibility index (Phi) is 5.02. The Balaban J connectivity index is 2.07. The molecule has 1 aliphatic rings. The van der Waals surface area contributed by atoms with E-state index in [4.69, 9.17) is 0 Å². The van der Waals surface area contributed by atoms with E-state index in [1.165, 1.54) is 0 Å². The average Bonchev–Trinajstić information content (AvgIpc) is 3.13. The van der Waals surface area contributed by atoms with Crippen LogP contribution < -0.4 is 0 Å². The first-order chi connectivity index (χ1) is 12.9. The van der Waals surface area contributed by atoms with Crippen molar-refractivity contribution in [2.24, 2.45) is 0 Å². The van der Waals surface area contributed by atoms with E-state index in [1.807, 2.05) is 0 Å². The van der Waals surface area contributed by atoms with Gasteiger partial charge in [0.05, 0.1) is 4.90 Å². The van der Waals surface area contributed by atoms with Crippen LogP contribution in [-0.4, -0.2) is 14.6 Å². The predicted octanol–water partition coefficient (Wildman–Crippen LogP) is 5.72. The minimum Gasteiger partial charge on any atom is -0.223 e. The molecule has 2 nitrogen and oxygen atoms in total. The second-order valence-corrected chi connectivity index (χ2v) is 9.07. The summed E-state index contributed by atoms with van der Waals surface area (Å²) in [6.07, 6.45) is -4.25. The Labute approximate surface area is 158 Å². The first-order valence-corrected chi connectivity index (χ1v) is 9.96. The monoisotopic (exact) mass is 422 g/mol. The quantitative estimate of drug-likeness (QED) is 0.466. The molecule has 1 saturated carbocycles. The Morgan fingerprint density at radius 2 is 1.29 bits per heavy atom. The summed E-state index contributed by atoms with van der Waals surface area (Å²) in [6.45, 7) is 0. The standard InChI is InChI=1S/C19H16F6O2S/c20-15-7-9-16(10-8-15)28(26,27)17(11-1-2-12-17)13-3-5-14(6-4-13)18(21,22)19(23,24)25/h3-10H,1-2,11-12H2. The van der Waals surface area contributed by atoms with Gasteiger partial charge in [-0.3, -0.25) is 0 Å². The molecule has 152 valence electrons. The normalized spacial score (nSPS) is 17.6. The van der Waals surface area contributed by atoms with Crippen molar-refractivity contribution in [3.05, 3.63) is 65.5 Å². The van der Waals surface area contributed by atoms with Gasteiger partial charge in [-0.1, -0.05) is 37.1 Å². The molecular formula is C19H16F6O2S. The van der Waals surface area contributed by atoms with Gasteiger partial charge in [0.1, 0.15) is 10.6 Å². The summed E-state index contributed by atoms with van der Waals surface area (Å²) < 4.78 is 103. The van der Waals surface area contributed by atoms with E-state index in [9.17, 15) is 34.8 Å². The zero-order valence-electron chi connectivity index (χ0n) is 14.4. The fraction of sp³-hybridized carbons (Fsp3) is 0.368. The van der Waals surface area contributed by atoms with Crippen LogP contribution >= 0.6 is 0 Å². The van der Waals surface area contributed by atoms with Crippen molar-refractivity contribution in [3.8, 4) is 0 Å². The molecule has 28 heavy (non-hydrogen) atoms. The van der Waals surface area contributed by atoms with E-state index >= 15 is 0 Å². The fourth-order valence-electron chi connectivity index (χ4n) is 3.64. The van der Waals surface area contributed by atoms with Gasteiger partial charge in [-0.25, -0.2) is 12.8 Å². The van der Waals surface area contributed by atoms with Crippen molar-refractivity contribution >= 4 is 9.84 Å². The lowest BCUT2D eigenvalue weighted by atomic mass is 9.94. The number of halogens is 6. The predicted molar refractivity (Wildman–Crippen MR) is 90.1 cm³/mol. The van der Waals surface area contributed by atoms with Crippen molar-refractivity contribution in [2.45, 2.75) is 47.4 Å². The first kappa shape index (κ1) is 20.7. The molecule has 3 rings (SSSR count). The zero-order valence-corrected chi connectivity index (χ0v) is 15.3. The van der Waals surface area contributed by atoms with Gasteiger partial charge < -0.3 is 0 Å². The van der Waals surface area contributed by atoms with Gasteiger partial charge in [0, 0.05) is 5.56 Å². The van der Waals surface area contributed by atoms with E-state index in [1.54, 1.807) is 0 Å². The smallest absolute Gasteiger partial charge is 0.223 e. The Morgan fingerprint density at radius 3 is 1.75 bits per heavy atom. The molecule has 0 saturated heterocycles. The van der Waals surface area contributed by atoms with Crippen molar-refractivity contribution in [3.63, 3.8) is 0 Å². The van der Waals surface area contributed by atoms with E-state index < -0.39 is 38.1 Å². The molecule has 0 N–H and O–H groups in total. The van der Waals surface area contributed by atoms with E-state index in [0.717, 1.165) is 36.4 Å².